The summed E-state index contributed by atoms with van der Waals surface area (Å²) in [5.74, 6) is 0.922. The Balaban J connectivity index is 1.95. The van der Waals surface area contributed by atoms with Gasteiger partial charge in [0.15, 0.2) is 0 Å². The van der Waals surface area contributed by atoms with Gasteiger partial charge >= 0.3 is 0 Å². The molecule has 106 valence electrons. The van der Waals surface area contributed by atoms with Crippen LogP contribution in [0.3, 0.4) is 0 Å². The minimum atomic E-state index is 0.807. The van der Waals surface area contributed by atoms with Gasteiger partial charge in [-0.15, -0.1) is 0 Å². The van der Waals surface area contributed by atoms with Gasteiger partial charge in [0.25, 0.3) is 0 Å². The second-order valence-electron chi connectivity index (χ2n) is 5.56. The average molecular weight is 269 g/mol. The number of hydrogen-bond acceptors (Lipinski definition) is 3. The summed E-state index contributed by atoms with van der Waals surface area (Å²) >= 11 is 0. The van der Waals surface area contributed by atoms with E-state index in [-0.39, 0.29) is 0 Å². The standard InChI is InChI=1S/C17H23N3/c1-13-5-6-15(9-14(13)2)10-18-17-8-7-16(11-19-17)12-20(3)4/h5-9,11H,10,12H2,1-4H3,(H,18,19). The maximum Gasteiger partial charge on any atom is 0.126 e. The number of aryl methyl sites for hydroxylation is 2. The Morgan fingerprint density at radius 3 is 2.35 bits per heavy atom. The van der Waals surface area contributed by atoms with Crippen molar-refractivity contribution in [2.45, 2.75) is 26.9 Å². The number of benzene rings is 1. The van der Waals surface area contributed by atoms with Crippen molar-refractivity contribution in [3.05, 3.63) is 58.8 Å². The SMILES string of the molecule is Cc1ccc(CNc2ccc(CN(C)C)cn2)cc1C. The van der Waals surface area contributed by atoms with Crippen molar-refractivity contribution >= 4 is 5.82 Å². The molecule has 0 atom stereocenters. The quantitative estimate of drug-likeness (QED) is 0.902. The number of aromatic nitrogens is 1. The number of nitrogens with zero attached hydrogens (tertiary/aromatic N) is 2. The lowest BCUT2D eigenvalue weighted by atomic mass is 10.1. The first-order chi connectivity index (χ1) is 9.54. The molecule has 0 radical (unpaired) electrons. The molecule has 0 aliphatic carbocycles. The summed E-state index contributed by atoms with van der Waals surface area (Å²) in [6, 6.07) is 10.7. The van der Waals surface area contributed by atoms with Gasteiger partial charge in [0.1, 0.15) is 5.82 Å². The Kier molecular flexibility index (Phi) is 4.74. The number of rotatable bonds is 5. The average Bonchev–Trinajstić information content (AvgIpc) is 2.41. The Hall–Kier alpha value is -1.87. The van der Waals surface area contributed by atoms with Gasteiger partial charge in [-0.2, -0.15) is 0 Å². The van der Waals surface area contributed by atoms with E-state index in [1.807, 2.05) is 12.3 Å². The van der Waals surface area contributed by atoms with Gasteiger partial charge in [0.2, 0.25) is 0 Å². The van der Waals surface area contributed by atoms with Gasteiger partial charge in [-0.25, -0.2) is 4.98 Å². The number of pyridine rings is 1. The molecule has 1 heterocycles. The van der Waals surface area contributed by atoms with E-state index in [9.17, 15) is 0 Å². The first kappa shape index (κ1) is 14.5. The van der Waals surface area contributed by atoms with Crippen molar-refractivity contribution in [2.75, 3.05) is 19.4 Å². The van der Waals surface area contributed by atoms with E-state index in [1.54, 1.807) is 0 Å². The lowest BCUT2D eigenvalue weighted by Gasteiger charge is -2.11. The molecule has 0 bridgehead atoms. The maximum absolute atomic E-state index is 4.45. The van der Waals surface area contributed by atoms with E-state index in [1.165, 1.54) is 22.3 Å². The first-order valence-electron chi connectivity index (χ1n) is 6.94. The zero-order valence-corrected chi connectivity index (χ0v) is 12.8. The van der Waals surface area contributed by atoms with E-state index >= 15 is 0 Å². The minimum Gasteiger partial charge on any atom is -0.366 e. The molecular formula is C17H23N3. The van der Waals surface area contributed by atoms with Gasteiger partial charge in [0, 0.05) is 19.3 Å². The van der Waals surface area contributed by atoms with Crippen LogP contribution in [0.15, 0.2) is 36.5 Å². The summed E-state index contributed by atoms with van der Waals surface area (Å²) in [6.07, 6.45) is 1.93. The third-order valence-corrected chi connectivity index (χ3v) is 3.37. The fraction of sp³-hybridized carbons (Fsp3) is 0.353. The van der Waals surface area contributed by atoms with Crippen LogP contribution in [-0.4, -0.2) is 24.0 Å². The molecule has 0 saturated heterocycles. The molecular weight excluding hydrogens is 246 g/mol. The third kappa shape index (κ3) is 4.07. The first-order valence-corrected chi connectivity index (χ1v) is 6.94. The van der Waals surface area contributed by atoms with Crippen molar-refractivity contribution in [3.8, 4) is 0 Å². The molecule has 3 nitrogen and oxygen atoms in total. The predicted octanol–water partition coefficient (Wildman–Crippen LogP) is 3.37. The van der Waals surface area contributed by atoms with Crippen LogP contribution in [0.4, 0.5) is 5.82 Å². The fourth-order valence-corrected chi connectivity index (χ4v) is 2.09. The van der Waals surface area contributed by atoms with Crippen LogP contribution < -0.4 is 5.32 Å². The van der Waals surface area contributed by atoms with E-state index < -0.39 is 0 Å². The summed E-state index contributed by atoms with van der Waals surface area (Å²) in [7, 11) is 4.12. The van der Waals surface area contributed by atoms with Crippen LogP contribution in [-0.2, 0) is 13.1 Å². The molecule has 0 unspecified atom stereocenters. The molecule has 0 amide bonds. The van der Waals surface area contributed by atoms with Gasteiger partial charge in [-0.3, -0.25) is 0 Å². The molecule has 2 aromatic rings. The third-order valence-electron chi connectivity index (χ3n) is 3.37. The fourth-order valence-electron chi connectivity index (χ4n) is 2.09. The van der Waals surface area contributed by atoms with Crippen LogP contribution in [0.2, 0.25) is 0 Å². The van der Waals surface area contributed by atoms with Crippen molar-refractivity contribution in [2.24, 2.45) is 0 Å². The summed E-state index contributed by atoms with van der Waals surface area (Å²) in [5, 5.41) is 3.36. The Morgan fingerprint density at radius 2 is 1.75 bits per heavy atom. The van der Waals surface area contributed by atoms with Gasteiger partial charge in [0.05, 0.1) is 0 Å². The van der Waals surface area contributed by atoms with Crippen molar-refractivity contribution in [1.29, 1.82) is 0 Å². The zero-order valence-electron chi connectivity index (χ0n) is 12.8. The summed E-state index contributed by atoms with van der Waals surface area (Å²) in [5.41, 5.74) is 5.18. The topological polar surface area (TPSA) is 28.2 Å². The molecule has 0 spiro atoms. The molecule has 1 aromatic carbocycles. The van der Waals surface area contributed by atoms with Gasteiger partial charge in [-0.05, 0) is 56.3 Å². The van der Waals surface area contributed by atoms with E-state index in [4.69, 9.17) is 0 Å². The highest BCUT2D eigenvalue weighted by Crippen LogP contribution is 2.12. The molecule has 1 N–H and O–H groups in total. The molecule has 0 aliphatic heterocycles. The molecule has 0 saturated carbocycles. The Labute approximate surface area is 121 Å². The van der Waals surface area contributed by atoms with Gasteiger partial charge in [-0.1, -0.05) is 24.3 Å². The van der Waals surface area contributed by atoms with E-state index in [0.717, 1.165) is 18.9 Å². The van der Waals surface area contributed by atoms with Crippen LogP contribution >= 0.6 is 0 Å². The van der Waals surface area contributed by atoms with Crippen molar-refractivity contribution < 1.29 is 0 Å². The smallest absolute Gasteiger partial charge is 0.126 e. The highest BCUT2D eigenvalue weighted by molar-refractivity contribution is 5.38. The number of hydrogen-bond donors (Lipinski definition) is 1. The van der Waals surface area contributed by atoms with Crippen molar-refractivity contribution in [3.63, 3.8) is 0 Å². The highest BCUT2D eigenvalue weighted by Gasteiger charge is 1.99. The number of nitrogens with one attached hydrogen (secondary N) is 1. The summed E-state index contributed by atoms with van der Waals surface area (Å²) in [4.78, 5) is 6.59. The van der Waals surface area contributed by atoms with E-state index in [0.29, 0.717) is 0 Å². The van der Waals surface area contributed by atoms with Crippen molar-refractivity contribution in [1.82, 2.24) is 9.88 Å². The Bertz CT molecular complexity index is 559. The molecule has 3 heteroatoms. The molecule has 0 fully saturated rings. The molecule has 0 aliphatic rings. The van der Waals surface area contributed by atoms with E-state index in [2.05, 4.69) is 67.4 Å². The van der Waals surface area contributed by atoms with Crippen LogP contribution in [0, 0.1) is 13.8 Å². The highest BCUT2D eigenvalue weighted by atomic mass is 15.1. The lowest BCUT2D eigenvalue weighted by Crippen LogP contribution is -2.11. The Morgan fingerprint density at radius 1 is 1.00 bits per heavy atom. The normalized spacial score (nSPS) is 10.8. The minimum absolute atomic E-state index is 0.807. The second-order valence-corrected chi connectivity index (χ2v) is 5.56. The summed E-state index contributed by atoms with van der Waals surface area (Å²) < 4.78 is 0. The largest absolute Gasteiger partial charge is 0.366 e. The zero-order chi connectivity index (χ0) is 14.5. The predicted molar refractivity (Wildman–Crippen MR) is 84.9 cm³/mol. The molecule has 20 heavy (non-hydrogen) atoms. The number of anilines is 1. The molecule has 2 rings (SSSR count). The second kappa shape index (κ2) is 6.53. The van der Waals surface area contributed by atoms with Gasteiger partial charge < -0.3 is 10.2 Å². The maximum atomic E-state index is 4.45. The van der Waals surface area contributed by atoms with Crippen LogP contribution in [0.25, 0.3) is 0 Å². The molecule has 1 aromatic heterocycles. The van der Waals surface area contributed by atoms with Crippen LogP contribution in [0.1, 0.15) is 22.3 Å². The lowest BCUT2D eigenvalue weighted by molar-refractivity contribution is 0.402. The summed E-state index contributed by atoms with van der Waals surface area (Å²) in [6.45, 7) is 6.01. The monoisotopic (exact) mass is 269 g/mol. The van der Waals surface area contributed by atoms with Crippen LogP contribution in [0.5, 0.6) is 0 Å².